The van der Waals surface area contributed by atoms with Crippen molar-refractivity contribution in [3.8, 4) is 22.6 Å². The number of nitrogens with zero attached hydrogens (tertiary/aromatic N) is 2. The molecule has 2 aliphatic heterocycles. The quantitative estimate of drug-likeness (QED) is 0.338. The van der Waals surface area contributed by atoms with Gasteiger partial charge in [-0.2, -0.15) is 0 Å². The van der Waals surface area contributed by atoms with E-state index in [0.29, 0.717) is 22.4 Å². The van der Waals surface area contributed by atoms with E-state index in [2.05, 4.69) is 35.9 Å². The van der Waals surface area contributed by atoms with Crippen molar-refractivity contribution in [1.29, 1.82) is 0 Å². The van der Waals surface area contributed by atoms with E-state index in [1.165, 1.54) is 17.7 Å². The molecule has 5 nitrogen and oxygen atoms in total. The maximum absolute atomic E-state index is 14.0. The smallest absolute Gasteiger partial charge is 0.166 e. The van der Waals surface area contributed by atoms with Gasteiger partial charge in [0.2, 0.25) is 0 Å². The fraction of sp³-hybridized carbons (Fsp3) is 0.414. The third kappa shape index (κ3) is 5.25. The molecule has 1 atom stereocenters. The van der Waals surface area contributed by atoms with Gasteiger partial charge in [0, 0.05) is 41.5 Å². The summed E-state index contributed by atoms with van der Waals surface area (Å²) in [7, 11) is 0. The zero-order valence-corrected chi connectivity index (χ0v) is 22.9. The van der Waals surface area contributed by atoms with Crippen molar-refractivity contribution in [3.05, 3.63) is 69.6 Å². The van der Waals surface area contributed by atoms with Gasteiger partial charge in [-0.3, -0.25) is 0 Å². The maximum Gasteiger partial charge on any atom is 0.166 e. The van der Waals surface area contributed by atoms with E-state index in [1.54, 1.807) is 13.1 Å². The Hall–Kier alpha value is -2.54. The van der Waals surface area contributed by atoms with Crippen LogP contribution in [0.2, 0.25) is 10.0 Å². The van der Waals surface area contributed by atoms with Crippen LogP contribution in [-0.2, 0) is 6.42 Å². The number of fused-ring (bicyclic) bond motifs is 1. The van der Waals surface area contributed by atoms with Gasteiger partial charge in [-0.05, 0) is 87.9 Å². The first kappa shape index (κ1) is 26.1. The summed E-state index contributed by atoms with van der Waals surface area (Å²) < 4.78 is 26.7. The van der Waals surface area contributed by atoms with Gasteiger partial charge in [0.15, 0.2) is 11.6 Å². The van der Waals surface area contributed by atoms with Crippen LogP contribution in [0.4, 0.5) is 10.2 Å². The van der Waals surface area contributed by atoms with Crippen LogP contribution in [0.15, 0.2) is 42.6 Å². The Morgan fingerprint density at radius 1 is 1.05 bits per heavy atom. The van der Waals surface area contributed by atoms with Crippen LogP contribution in [0.3, 0.4) is 0 Å². The first-order chi connectivity index (χ1) is 17.7. The van der Waals surface area contributed by atoms with Gasteiger partial charge in [-0.15, -0.1) is 0 Å². The topological polar surface area (TPSA) is 60.6 Å². The molecule has 196 valence electrons. The van der Waals surface area contributed by atoms with Crippen LogP contribution in [-0.4, -0.2) is 34.6 Å². The highest BCUT2D eigenvalue weighted by molar-refractivity contribution is 6.36. The number of aromatic nitrogens is 1. The highest BCUT2D eigenvalue weighted by Gasteiger charge is 2.39. The summed E-state index contributed by atoms with van der Waals surface area (Å²) in [4.78, 5) is 6.87. The second kappa shape index (κ2) is 10.3. The molecule has 0 aliphatic carbocycles. The highest BCUT2D eigenvalue weighted by Crippen LogP contribution is 2.42. The van der Waals surface area contributed by atoms with E-state index in [1.807, 2.05) is 12.1 Å². The van der Waals surface area contributed by atoms with Crippen LogP contribution in [0, 0.1) is 5.82 Å². The van der Waals surface area contributed by atoms with Crippen LogP contribution in [0.25, 0.3) is 11.1 Å². The van der Waals surface area contributed by atoms with Crippen LogP contribution in [0.1, 0.15) is 57.3 Å². The SMILES string of the molecule is CC(C)N1CCC2(CCc3cc(-c4cnc(N)c(O[C@H](C)c5c(Cl)ccc(F)c5Cl)c4)ccc3O2)CC1. The monoisotopic (exact) mass is 543 g/mol. The number of piperidine rings is 1. The fourth-order valence-electron chi connectivity index (χ4n) is 5.37. The standard InChI is InChI=1S/C29H32Cl2FN3O2/c1-17(2)35-12-10-29(11-13-35)9-8-20-14-19(4-7-24(20)37-29)21-15-25(28(33)34-16-21)36-18(3)26-22(30)5-6-23(32)27(26)31/h4-7,14-18H,8-13H2,1-3H3,(H2,33,34)/t18-/m1/s1. The van der Waals surface area contributed by atoms with Crippen molar-refractivity contribution < 1.29 is 13.9 Å². The molecule has 1 saturated heterocycles. The van der Waals surface area contributed by atoms with Gasteiger partial charge < -0.3 is 20.1 Å². The molecule has 5 rings (SSSR count). The molecule has 0 unspecified atom stereocenters. The lowest BCUT2D eigenvalue weighted by Crippen LogP contribution is -2.51. The van der Waals surface area contributed by atoms with E-state index in [-0.39, 0.29) is 16.4 Å². The maximum atomic E-state index is 14.0. The number of aryl methyl sites for hydroxylation is 1. The molecule has 2 aliphatic rings. The number of hydrogen-bond donors (Lipinski definition) is 1. The van der Waals surface area contributed by atoms with Crippen molar-refractivity contribution >= 4 is 29.0 Å². The van der Waals surface area contributed by atoms with E-state index < -0.39 is 11.9 Å². The molecule has 1 fully saturated rings. The van der Waals surface area contributed by atoms with Crippen molar-refractivity contribution in [2.45, 2.75) is 64.2 Å². The molecule has 0 bridgehead atoms. The first-order valence-electron chi connectivity index (χ1n) is 12.8. The lowest BCUT2D eigenvalue weighted by Gasteiger charge is -2.45. The number of nitrogen functional groups attached to an aromatic ring is 1. The number of halogens is 3. The fourth-order valence-corrected chi connectivity index (χ4v) is 6.05. The molecule has 2 aromatic carbocycles. The van der Waals surface area contributed by atoms with Gasteiger partial charge in [-0.1, -0.05) is 29.3 Å². The Kier molecular flexibility index (Phi) is 7.27. The third-order valence-corrected chi connectivity index (χ3v) is 8.40. The molecule has 2 N–H and O–H groups in total. The number of likely N-dealkylation sites (tertiary alicyclic amines) is 1. The van der Waals surface area contributed by atoms with E-state index in [9.17, 15) is 4.39 Å². The van der Waals surface area contributed by atoms with Crippen molar-refractivity contribution in [2.24, 2.45) is 0 Å². The molecule has 0 amide bonds. The number of ether oxygens (including phenoxy) is 2. The van der Waals surface area contributed by atoms with E-state index >= 15 is 0 Å². The van der Waals surface area contributed by atoms with Crippen molar-refractivity contribution in [3.63, 3.8) is 0 Å². The number of anilines is 1. The van der Waals surface area contributed by atoms with E-state index in [0.717, 1.165) is 55.6 Å². The van der Waals surface area contributed by atoms with Crippen LogP contribution < -0.4 is 15.2 Å². The molecule has 0 saturated carbocycles. The third-order valence-electron chi connectivity index (χ3n) is 7.68. The summed E-state index contributed by atoms with van der Waals surface area (Å²) in [6.45, 7) is 8.41. The molecule has 3 heterocycles. The van der Waals surface area contributed by atoms with Gasteiger partial charge in [-0.25, -0.2) is 9.37 Å². The van der Waals surface area contributed by atoms with Crippen LogP contribution in [0.5, 0.6) is 11.5 Å². The zero-order valence-electron chi connectivity index (χ0n) is 21.4. The minimum atomic E-state index is -0.634. The largest absolute Gasteiger partial charge is 0.487 e. The average molecular weight is 544 g/mol. The summed E-state index contributed by atoms with van der Waals surface area (Å²) in [6, 6.07) is 11.4. The summed E-state index contributed by atoms with van der Waals surface area (Å²) in [6.07, 6.45) is 5.22. The number of pyridine rings is 1. The molecule has 0 radical (unpaired) electrons. The first-order valence-corrected chi connectivity index (χ1v) is 13.5. The molecular formula is C29H32Cl2FN3O2. The van der Waals surface area contributed by atoms with Crippen molar-refractivity contribution in [2.75, 3.05) is 18.8 Å². The van der Waals surface area contributed by atoms with Gasteiger partial charge in [0.1, 0.15) is 23.3 Å². The summed E-state index contributed by atoms with van der Waals surface area (Å²) in [5, 5.41) is 0.258. The Morgan fingerprint density at radius 3 is 2.54 bits per heavy atom. The zero-order chi connectivity index (χ0) is 26.3. The number of nitrogens with two attached hydrogens (primary N) is 1. The molecule has 37 heavy (non-hydrogen) atoms. The Balaban J connectivity index is 1.35. The number of benzene rings is 2. The predicted molar refractivity (Wildman–Crippen MR) is 147 cm³/mol. The minimum absolute atomic E-state index is 0.0563. The van der Waals surface area contributed by atoms with Gasteiger partial charge in [0.05, 0.1) is 5.02 Å². The Morgan fingerprint density at radius 2 is 1.81 bits per heavy atom. The molecule has 1 spiro atoms. The highest BCUT2D eigenvalue weighted by atomic mass is 35.5. The number of hydrogen-bond acceptors (Lipinski definition) is 5. The van der Waals surface area contributed by atoms with Crippen LogP contribution >= 0.6 is 23.2 Å². The molecule has 3 aromatic rings. The Labute approximate surface area is 227 Å². The molecule has 1 aromatic heterocycles. The summed E-state index contributed by atoms with van der Waals surface area (Å²) in [5.41, 5.74) is 9.49. The van der Waals surface area contributed by atoms with Gasteiger partial charge >= 0.3 is 0 Å². The van der Waals surface area contributed by atoms with E-state index in [4.69, 9.17) is 38.4 Å². The van der Waals surface area contributed by atoms with Crippen molar-refractivity contribution in [1.82, 2.24) is 9.88 Å². The molecule has 8 heteroatoms. The minimum Gasteiger partial charge on any atom is -0.487 e. The molecular weight excluding hydrogens is 512 g/mol. The second-order valence-corrected chi connectivity index (χ2v) is 11.1. The lowest BCUT2D eigenvalue weighted by molar-refractivity contribution is -0.0211. The predicted octanol–water partition coefficient (Wildman–Crippen LogP) is 7.48. The Bertz CT molecular complexity index is 1310. The second-order valence-electron chi connectivity index (χ2n) is 10.4. The summed E-state index contributed by atoms with van der Waals surface area (Å²) in [5.74, 6) is 1.03. The van der Waals surface area contributed by atoms with Gasteiger partial charge in [0.25, 0.3) is 0 Å². The number of rotatable bonds is 5. The lowest BCUT2D eigenvalue weighted by atomic mass is 9.82. The summed E-state index contributed by atoms with van der Waals surface area (Å²) >= 11 is 12.4. The normalized spacial score (nSPS) is 17.9. The average Bonchev–Trinajstić information content (AvgIpc) is 2.88.